The fraction of sp³-hybridized carbons (Fsp3) is 0.333. The Morgan fingerprint density at radius 3 is 2.26 bits per heavy atom. The molecule has 0 aromatic heterocycles. The molecule has 118 valence electrons. The average molecular weight is 306 g/mol. The summed E-state index contributed by atoms with van der Waals surface area (Å²) in [6, 6.07) is 15.5. The van der Waals surface area contributed by atoms with Gasteiger partial charge in [-0.2, -0.15) is 0 Å². The molecule has 1 aliphatic rings. The Kier molecular flexibility index (Phi) is 3.80. The van der Waals surface area contributed by atoms with Gasteiger partial charge in [0.1, 0.15) is 0 Å². The SMILES string of the molecule is COC(OC)c1cc2c3c(ccc2c2ccccc12)CCCC3. The van der Waals surface area contributed by atoms with Crippen LogP contribution in [0.1, 0.15) is 35.8 Å². The Balaban J connectivity index is 2.11. The molecule has 0 spiro atoms. The van der Waals surface area contributed by atoms with Gasteiger partial charge in [-0.3, -0.25) is 0 Å². The third kappa shape index (κ3) is 2.34. The molecular weight excluding hydrogens is 284 g/mol. The summed E-state index contributed by atoms with van der Waals surface area (Å²) in [5, 5.41) is 5.21. The first-order valence-electron chi connectivity index (χ1n) is 8.35. The molecule has 0 fully saturated rings. The zero-order valence-electron chi connectivity index (χ0n) is 13.8. The van der Waals surface area contributed by atoms with Crippen LogP contribution in [0, 0.1) is 0 Å². The molecule has 0 unspecified atom stereocenters. The highest BCUT2D eigenvalue weighted by atomic mass is 16.7. The van der Waals surface area contributed by atoms with Gasteiger partial charge in [0, 0.05) is 19.8 Å². The van der Waals surface area contributed by atoms with E-state index in [-0.39, 0.29) is 6.29 Å². The van der Waals surface area contributed by atoms with E-state index in [1.807, 2.05) is 0 Å². The van der Waals surface area contributed by atoms with Crippen LogP contribution in [-0.2, 0) is 22.3 Å². The number of hydrogen-bond donors (Lipinski definition) is 0. The molecule has 2 heteroatoms. The van der Waals surface area contributed by atoms with Gasteiger partial charge < -0.3 is 9.47 Å². The molecule has 23 heavy (non-hydrogen) atoms. The molecule has 0 saturated carbocycles. The Labute approximate surface area is 137 Å². The van der Waals surface area contributed by atoms with Gasteiger partial charge in [-0.1, -0.05) is 36.4 Å². The molecular formula is C21H22O2. The zero-order chi connectivity index (χ0) is 15.8. The van der Waals surface area contributed by atoms with Crippen LogP contribution in [0.25, 0.3) is 21.5 Å². The summed E-state index contributed by atoms with van der Waals surface area (Å²) in [6.45, 7) is 0. The minimum Gasteiger partial charge on any atom is -0.352 e. The summed E-state index contributed by atoms with van der Waals surface area (Å²) < 4.78 is 11.1. The lowest BCUT2D eigenvalue weighted by molar-refractivity contribution is -0.105. The predicted octanol–water partition coefficient (Wildman–Crippen LogP) is 5.16. The molecule has 2 nitrogen and oxygen atoms in total. The van der Waals surface area contributed by atoms with E-state index in [0.717, 1.165) is 5.56 Å². The largest absolute Gasteiger partial charge is 0.352 e. The van der Waals surface area contributed by atoms with Gasteiger partial charge in [-0.15, -0.1) is 0 Å². The third-order valence-electron chi connectivity index (χ3n) is 5.09. The molecule has 1 aliphatic carbocycles. The number of benzene rings is 3. The molecule has 3 aromatic carbocycles. The van der Waals surface area contributed by atoms with Crippen molar-refractivity contribution in [3.63, 3.8) is 0 Å². The van der Waals surface area contributed by atoms with E-state index in [1.54, 1.807) is 14.2 Å². The molecule has 0 N–H and O–H groups in total. The van der Waals surface area contributed by atoms with Crippen LogP contribution < -0.4 is 0 Å². The second-order valence-corrected chi connectivity index (χ2v) is 6.32. The van der Waals surface area contributed by atoms with Crippen LogP contribution in [0.4, 0.5) is 0 Å². The maximum Gasteiger partial charge on any atom is 0.183 e. The Morgan fingerprint density at radius 2 is 1.48 bits per heavy atom. The lowest BCUT2D eigenvalue weighted by Crippen LogP contribution is -2.07. The van der Waals surface area contributed by atoms with Crippen molar-refractivity contribution in [2.45, 2.75) is 32.0 Å². The lowest BCUT2D eigenvalue weighted by Gasteiger charge is -2.22. The van der Waals surface area contributed by atoms with Crippen molar-refractivity contribution in [1.82, 2.24) is 0 Å². The minimum atomic E-state index is -0.330. The average Bonchev–Trinajstić information content (AvgIpc) is 2.62. The van der Waals surface area contributed by atoms with Gasteiger partial charge in [-0.25, -0.2) is 0 Å². The van der Waals surface area contributed by atoms with Crippen molar-refractivity contribution in [3.8, 4) is 0 Å². The number of rotatable bonds is 3. The monoisotopic (exact) mass is 306 g/mol. The maximum atomic E-state index is 5.56. The molecule has 4 rings (SSSR count). The molecule has 0 saturated heterocycles. The van der Waals surface area contributed by atoms with E-state index >= 15 is 0 Å². The third-order valence-corrected chi connectivity index (χ3v) is 5.09. The predicted molar refractivity (Wildman–Crippen MR) is 94.9 cm³/mol. The molecule has 0 heterocycles. The van der Waals surface area contributed by atoms with Crippen LogP contribution in [0.15, 0.2) is 42.5 Å². The quantitative estimate of drug-likeness (QED) is 0.491. The summed E-state index contributed by atoms with van der Waals surface area (Å²) in [4.78, 5) is 0. The number of fused-ring (bicyclic) bond motifs is 5. The van der Waals surface area contributed by atoms with Gasteiger partial charge in [-0.05, 0) is 64.4 Å². The van der Waals surface area contributed by atoms with Gasteiger partial charge in [0.05, 0.1) is 0 Å². The van der Waals surface area contributed by atoms with E-state index in [9.17, 15) is 0 Å². The minimum absolute atomic E-state index is 0.330. The Morgan fingerprint density at radius 1 is 0.783 bits per heavy atom. The first-order valence-corrected chi connectivity index (χ1v) is 8.35. The number of methoxy groups -OCH3 is 2. The van der Waals surface area contributed by atoms with Gasteiger partial charge in [0.15, 0.2) is 6.29 Å². The van der Waals surface area contributed by atoms with Crippen molar-refractivity contribution < 1.29 is 9.47 Å². The van der Waals surface area contributed by atoms with E-state index in [1.165, 1.54) is 58.4 Å². The molecule has 3 aromatic rings. The number of ether oxygens (including phenoxy) is 2. The summed E-state index contributed by atoms with van der Waals surface area (Å²) in [5.41, 5.74) is 4.15. The first kappa shape index (κ1) is 14.7. The summed E-state index contributed by atoms with van der Waals surface area (Å²) >= 11 is 0. The highest BCUT2D eigenvalue weighted by molar-refractivity contribution is 6.10. The first-order chi connectivity index (χ1) is 11.3. The van der Waals surface area contributed by atoms with Crippen LogP contribution in [0.2, 0.25) is 0 Å². The van der Waals surface area contributed by atoms with E-state index in [0.29, 0.717) is 0 Å². The van der Waals surface area contributed by atoms with Crippen LogP contribution in [-0.4, -0.2) is 14.2 Å². The van der Waals surface area contributed by atoms with E-state index in [4.69, 9.17) is 9.47 Å². The molecule has 0 aliphatic heterocycles. The molecule has 0 radical (unpaired) electrons. The highest BCUT2D eigenvalue weighted by Gasteiger charge is 2.19. The smallest absolute Gasteiger partial charge is 0.183 e. The highest BCUT2D eigenvalue weighted by Crippen LogP contribution is 2.37. The normalized spacial score (nSPS) is 14.6. The lowest BCUT2D eigenvalue weighted by atomic mass is 9.85. The van der Waals surface area contributed by atoms with E-state index < -0.39 is 0 Å². The zero-order valence-corrected chi connectivity index (χ0v) is 13.8. The van der Waals surface area contributed by atoms with Crippen molar-refractivity contribution >= 4 is 21.5 Å². The molecule has 0 amide bonds. The number of aryl methyl sites for hydroxylation is 2. The summed E-state index contributed by atoms with van der Waals surface area (Å²) in [7, 11) is 3.40. The van der Waals surface area contributed by atoms with Gasteiger partial charge in [0.25, 0.3) is 0 Å². The second kappa shape index (κ2) is 5.95. The van der Waals surface area contributed by atoms with Crippen LogP contribution >= 0.6 is 0 Å². The van der Waals surface area contributed by atoms with E-state index in [2.05, 4.69) is 42.5 Å². The summed E-state index contributed by atoms with van der Waals surface area (Å²) in [5.74, 6) is 0. The topological polar surface area (TPSA) is 18.5 Å². The fourth-order valence-electron chi connectivity index (χ4n) is 4.00. The number of hydrogen-bond acceptors (Lipinski definition) is 2. The second-order valence-electron chi connectivity index (χ2n) is 6.32. The van der Waals surface area contributed by atoms with Crippen LogP contribution in [0.3, 0.4) is 0 Å². The molecule has 0 bridgehead atoms. The van der Waals surface area contributed by atoms with Crippen molar-refractivity contribution in [2.75, 3.05) is 14.2 Å². The maximum absolute atomic E-state index is 5.56. The fourth-order valence-corrected chi connectivity index (χ4v) is 4.00. The van der Waals surface area contributed by atoms with Crippen molar-refractivity contribution in [3.05, 3.63) is 59.2 Å². The van der Waals surface area contributed by atoms with Crippen molar-refractivity contribution in [1.29, 1.82) is 0 Å². The summed E-state index contributed by atoms with van der Waals surface area (Å²) in [6.07, 6.45) is 4.63. The Hall–Kier alpha value is -1.90. The van der Waals surface area contributed by atoms with Crippen LogP contribution in [0.5, 0.6) is 0 Å². The standard InChI is InChI=1S/C21H22O2/c1-22-21(23-2)20-13-19-15-8-4-3-7-14(15)11-12-18(19)16-9-5-6-10-17(16)20/h5-6,9-13,21H,3-4,7-8H2,1-2H3. The molecule has 0 atom stereocenters. The van der Waals surface area contributed by atoms with Gasteiger partial charge >= 0.3 is 0 Å². The van der Waals surface area contributed by atoms with Gasteiger partial charge in [0.2, 0.25) is 0 Å². The van der Waals surface area contributed by atoms with Crippen molar-refractivity contribution in [2.24, 2.45) is 0 Å². The Bertz CT molecular complexity index is 862.